The number of H-pyrrole nitrogens is 1. The molecule has 510 valence electrons. The summed E-state index contributed by atoms with van der Waals surface area (Å²) in [6.45, 7) is -9.98. The van der Waals surface area contributed by atoms with Gasteiger partial charge >= 0.3 is 25.6 Å². The minimum Gasteiger partial charge on any atom is -0.479 e. The predicted molar refractivity (Wildman–Crippen MR) is 330 cm³/mol. The van der Waals surface area contributed by atoms with Crippen molar-refractivity contribution in [3.05, 3.63) is 107 Å². The molecule has 14 atom stereocenters. The molecule has 2 bridgehead atoms. The maximum absolute atomic E-state index is 14.1. The molecule has 0 radical (unpaired) electrons. The van der Waals surface area contributed by atoms with Crippen LogP contribution in [0.25, 0.3) is 11.2 Å². The first-order valence-electron chi connectivity index (χ1n) is 29.4. The Balaban J connectivity index is 0.774. The molecule has 7 heterocycles. The second-order valence-corrected chi connectivity index (χ2v) is 28.0. The number of carboxylic acids is 1. The number of imide groups is 1. The number of aliphatic carboxylic acids is 1. The smallest absolute Gasteiger partial charge is 0.410 e. The van der Waals surface area contributed by atoms with E-state index in [9.17, 15) is 73.3 Å². The Morgan fingerprint density at radius 1 is 0.863 bits per heavy atom. The number of carbonyl (C=O) groups excluding carboxylic acids is 6. The molecule has 3 aromatic heterocycles. The highest BCUT2D eigenvalue weighted by Gasteiger charge is 2.52. The number of nitrogens with zero attached hydrogens (tertiary/aromatic N) is 7. The van der Waals surface area contributed by atoms with Gasteiger partial charge in [0.15, 0.2) is 23.5 Å². The monoisotopic (exact) mass is 1400 g/mol. The molecule has 95 heavy (non-hydrogen) atoms. The standard InChI is InChI=1S/C56H65N11O24P2S2/c1-65(56(80)83-23-28-10-11-34(88-54-46(75)44(73)45(74)48(89-54)53(78)79)33(19-28)61-38(69)14-17-58-37(68)9-3-2-6-18-66-40(70)12-13-41(66)71)22-29-7-4-5-8-32(29)50(76)63-55-62-49-42(51(77)64-55)60-27-67(49)52-47-43(72)36(87-52)25-85-92(81,94)90-35-21-31(86-39-15-16-57-26-59-39)20-30(35)24-84-93(82,95)91-47/h4-5,7-8,10-13,15-16,19,26-27,30-31,35-36,43-48,52,54,72-75H,2-3,6,9,14,17-18,20-25H2,1H3,(H,58,68)(H,61,69)(H,78,79)(H,81,94)(H,82,95)(H2,62,63,64,76,77)/t30-,31-,35+,36-,43-,44+,45+,46-,47-,48+,52-,54-,92?,93?/m1/s1. The van der Waals surface area contributed by atoms with Crippen molar-refractivity contribution in [3.8, 4) is 11.6 Å². The van der Waals surface area contributed by atoms with Crippen molar-refractivity contribution in [2.75, 3.05) is 44.0 Å². The number of carboxylic acid groups (broad SMARTS) is 1. The van der Waals surface area contributed by atoms with Crippen molar-refractivity contribution in [1.29, 1.82) is 0 Å². The zero-order valence-corrected chi connectivity index (χ0v) is 53.5. The lowest BCUT2D eigenvalue weighted by molar-refractivity contribution is -0.271. The molecule has 0 spiro atoms. The number of aliphatic hydroxyl groups is 4. The highest BCUT2D eigenvalue weighted by atomic mass is 32.7. The van der Waals surface area contributed by atoms with E-state index in [1.807, 2.05) is 0 Å². The first kappa shape index (κ1) is 70.1. The lowest BCUT2D eigenvalue weighted by Gasteiger charge is -2.38. The van der Waals surface area contributed by atoms with Crippen LogP contribution in [0.5, 0.6) is 11.6 Å². The number of anilines is 2. The minimum atomic E-state index is -4.41. The van der Waals surface area contributed by atoms with Gasteiger partial charge in [0.05, 0.1) is 31.3 Å². The van der Waals surface area contributed by atoms with E-state index >= 15 is 0 Å². The molecule has 4 fully saturated rings. The number of unbranched alkanes of at least 4 members (excludes halogenated alkanes) is 2. The number of amides is 6. The van der Waals surface area contributed by atoms with Gasteiger partial charge in [-0.25, -0.2) is 29.1 Å². The van der Waals surface area contributed by atoms with Crippen LogP contribution < -0.4 is 31.0 Å². The van der Waals surface area contributed by atoms with Crippen LogP contribution in [-0.4, -0.2) is 206 Å². The van der Waals surface area contributed by atoms with Gasteiger partial charge < -0.3 is 83.2 Å². The Bertz CT molecular complexity index is 3870. The molecule has 2 aromatic carbocycles. The predicted octanol–water partition coefficient (Wildman–Crippen LogP) is 1.32. The molecule has 2 unspecified atom stereocenters. The number of benzene rings is 2. The van der Waals surface area contributed by atoms with Crippen molar-refractivity contribution in [3.63, 3.8) is 0 Å². The summed E-state index contributed by atoms with van der Waals surface area (Å²) in [6, 6.07) is 11.6. The average molecular weight is 1400 g/mol. The molecule has 35 nitrogen and oxygen atoms in total. The van der Waals surface area contributed by atoms with Crippen LogP contribution >= 0.6 is 25.8 Å². The van der Waals surface area contributed by atoms with Gasteiger partial charge in [-0.15, -0.1) is 0 Å². The van der Waals surface area contributed by atoms with Crippen molar-refractivity contribution in [1.82, 2.24) is 44.6 Å². The van der Waals surface area contributed by atoms with Gasteiger partial charge in [-0.3, -0.25) is 53.1 Å². The summed E-state index contributed by atoms with van der Waals surface area (Å²) in [5.41, 5.74) is -0.945. The molecule has 6 amide bonds. The molecule has 10 rings (SSSR count). The number of hydrogen-bond donors (Lipinski definition) is 11. The largest absolute Gasteiger partial charge is 0.479 e. The summed E-state index contributed by atoms with van der Waals surface area (Å²) < 4.78 is 67.3. The molecular formula is C56H65N11O24P2S2. The number of aromatic amines is 1. The molecule has 10 N–H and O–H groups in total. The van der Waals surface area contributed by atoms with Crippen LogP contribution in [0.3, 0.4) is 0 Å². The Hall–Kier alpha value is -7.71. The topological polar surface area (TPSA) is 473 Å². The SMILES string of the molecule is CN(Cc1ccccc1C(=O)Nc1nc2c(ncn2[C@@H]2O[C@@H]3COP(O)(=S)O[C@H]4C[C@H](Oc5ccncn5)C[C@@H]4COP(=O)(S)O[C@@H]2[C@@H]3O)c(=O)[nH]1)C(=O)OCc1ccc(O[C@@H]2O[C@H](C(=O)O)[C@@H](O)[C@H](O)[C@H]2O)c(NC(=O)CCNC(=O)CCCCCN2C(=O)C=CC2=O)c1. The number of ether oxygens (including phenoxy) is 5. The van der Waals surface area contributed by atoms with E-state index in [1.54, 1.807) is 18.2 Å². The molecule has 4 aliphatic heterocycles. The second-order valence-electron chi connectivity index (χ2n) is 22.4. The maximum atomic E-state index is 14.1. The van der Waals surface area contributed by atoms with E-state index in [1.165, 1.54) is 66.6 Å². The highest BCUT2D eigenvalue weighted by molar-refractivity contribution is 8.44. The minimum absolute atomic E-state index is 0.00548. The summed E-state index contributed by atoms with van der Waals surface area (Å²) in [6.07, 6.45) is -10.3. The fourth-order valence-electron chi connectivity index (χ4n) is 10.8. The van der Waals surface area contributed by atoms with E-state index in [2.05, 4.69) is 53.1 Å². The summed E-state index contributed by atoms with van der Waals surface area (Å²) in [7, 11) is 1.37. The zero-order chi connectivity index (χ0) is 67.9. The number of nitrogens with one attached hydrogen (secondary N) is 4. The number of aromatic nitrogens is 6. The number of aliphatic hydroxyl groups excluding tert-OH is 4. The normalized spacial score (nSPS) is 28.3. The number of imidazole rings is 1. The maximum Gasteiger partial charge on any atom is 0.410 e. The number of thiol groups is 1. The van der Waals surface area contributed by atoms with Crippen LogP contribution in [0.15, 0.2) is 84.3 Å². The van der Waals surface area contributed by atoms with Crippen LogP contribution in [-0.2, 0) is 85.8 Å². The fourth-order valence-corrected chi connectivity index (χ4v) is 13.9. The summed E-state index contributed by atoms with van der Waals surface area (Å²) in [5.74, 6) is -5.29. The van der Waals surface area contributed by atoms with Gasteiger partial charge in [0.25, 0.3) is 23.3 Å². The van der Waals surface area contributed by atoms with Gasteiger partial charge in [0, 0.05) is 81.8 Å². The van der Waals surface area contributed by atoms with Gasteiger partial charge in [-0.05, 0) is 60.4 Å². The number of carbonyl (C=O) groups is 7. The van der Waals surface area contributed by atoms with Gasteiger partial charge in [-0.1, -0.05) is 42.9 Å². The van der Waals surface area contributed by atoms with Crippen molar-refractivity contribution >= 4 is 102 Å². The van der Waals surface area contributed by atoms with Crippen molar-refractivity contribution < 1.29 is 110 Å². The van der Waals surface area contributed by atoms with E-state index in [0.29, 0.717) is 19.3 Å². The van der Waals surface area contributed by atoms with Crippen molar-refractivity contribution in [2.24, 2.45) is 5.92 Å². The number of fused-ring (bicyclic) bond motifs is 4. The molecule has 5 aromatic rings. The van der Waals surface area contributed by atoms with Crippen LogP contribution in [0.4, 0.5) is 16.4 Å². The Labute approximate surface area is 548 Å². The third kappa shape index (κ3) is 17.5. The van der Waals surface area contributed by atoms with Crippen LogP contribution in [0.2, 0.25) is 0 Å². The molecular weight excluding hydrogens is 1340 g/mol. The molecule has 3 saturated heterocycles. The van der Waals surface area contributed by atoms with Crippen LogP contribution in [0.1, 0.15) is 72.7 Å². The lowest BCUT2D eigenvalue weighted by atomic mass is 9.99. The van der Waals surface area contributed by atoms with Crippen LogP contribution in [0, 0.1) is 5.92 Å². The third-order valence-electron chi connectivity index (χ3n) is 15.6. The molecule has 1 aliphatic carbocycles. The quantitative estimate of drug-likeness (QED) is 0.0201. The lowest BCUT2D eigenvalue weighted by Crippen LogP contribution is -2.61. The first-order chi connectivity index (χ1) is 45.3. The summed E-state index contributed by atoms with van der Waals surface area (Å²) in [4.78, 5) is 135. The highest BCUT2D eigenvalue weighted by Crippen LogP contribution is 2.59. The molecule has 5 aliphatic rings. The van der Waals surface area contributed by atoms with E-state index in [-0.39, 0.29) is 103 Å². The number of rotatable bonds is 22. The number of hydrogen-bond acceptors (Lipinski definition) is 27. The van der Waals surface area contributed by atoms with Crippen molar-refractivity contribution in [2.45, 2.75) is 126 Å². The second kappa shape index (κ2) is 30.6. The van der Waals surface area contributed by atoms with Gasteiger partial charge in [0.2, 0.25) is 29.9 Å². The van der Waals surface area contributed by atoms with E-state index in [4.69, 9.17) is 53.6 Å². The molecule has 1 saturated carbocycles. The first-order valence-corrected chi connectivity index (χ1v) is 34.7. The Morgan fingerprint density at radius 2 is 1.64 bits per heavy atom. The summed E-state index contributed by atoms with van der Waals surface area (Å²) >= 11 is 9.60. The Morgan fingerprint density at radius 3 is 2.40 bits per heavy atom. The van der Waals surface area contributed by atoms with Gasteiger partial charge in [0.1, 0.15) is 61.4 Å². The summed E-state index contributed by atoms with van der Waals surface area (Å²) in [5, 5.41) is 60.4. The third-order valence-corrected chi connectivity index (χ3v) is 18.8. The molecule has 39 heteroatoms. The van der Waals surface area contributed by atoms with Gasteiger partial charge in [-0.2, -0.15) is 4.98 Å². The zero-order valence-electron chi connectivity index (χ0n) is 50.0. The average Bonchev–Trinajstić information content (AvgIpc) is 1.63. The van der Waals surface area contributed by atoms with E-state index in [0.717, 1.165) is 16.1 Å². The van der Waals surface area contributed by atoms with E-state index < -0.39 is 147 Å². The fraction of sp³-hybridized carbons (Fsp3) is 0.464. The Kier molecular flexibility index (Phi) is 22.6.